The molecule has 5 rings (SSSR count). The van der Waals surface area contributed by atoms with Gasteiger partial charge in [-0.25, -0.2) is 23.1 Å². The third-order valence-corrected chi connectivity index (χ3v) is 6.27. The standard InChI is InChI=1S/C30H24F2N6O5/c1-17(2)37-16-22(29(40)38(30(37)41)21-6-3-19(31)4-7-21)27(39)36-20-5-8-25(23(32)14-20)43-26-13-18(28-34-11-12-42-28)15-35-24(26)9-10-33/h3-17,33,35H,1-2H3,(H,36,39)/b24-9-,33-10?. The van der Waals surface area contributed by atoms with Gasteiger partial charge in [-0.1, -0.05) is 0 Å². The highest BCUT2D eigenvalue weighted by atomic mass is 19.1. The van der Waals surface area contributed by atoms with Gasteiger partial charge in [-0.15, -0.1) is 0 Å². The van der Waals surface area contributed by atoms with Gasteiger partial charge < -0.3 is 25.2 Å². The number of benzene rings is 2. The van der Waals surface area contributed by atoms with Gasteiger partial charge in [0, 0.05) is 36.4 Å². The molecule has 0 aliphatic carbocycles. The normalized spacial score (nSPS) is 13.7. The van der Waals surface area contributed by atoms with E-state index in [0.29, 0.717) is 17.2 Å². The van der Waals surface area contributed by atoms with Crippen LogP contribution < -0.4 is 26.6 Å². The number of aromatic nitrogens is 3. The van der Waals surface area contributed by atoms with Crippen molar-refractivity contribution in [1.29, 1.82) is 5.41 Å². The number of amides is 1. The van der Waals surface area contributed by atoms with Crippen LogP contribution in [0.4, 0.5) is 14.5 Å². The van der Waals surface area contributed by atoms with Crippen molar-refractivity contribution in [1.82, 2.24) is 19.4 Å². The molecule has 1 amide bonds. The molecular formula is C30H24F2N6O5. The molecule has 0 saturated heterocycles. The lowest BCUT2D eigenvalue weighted by Gasteiger charge is -2.18. The SMILES string of the molecule is CC(C)n1cc(C(=O)Nc2ccc(OC3=CC(c4ncco4)=CN/C3=C\C=N)c(F)c2)c(=O)n(-c2ccc(F)cc2)c1=O. The monoisotopic (exact) mass is 586 g/mol. The fourth-order valence-corrected chi connectivity index (χ4v) is 4.17. The summed E-state index contributed by atoms with van der Waals surface area (Å²) in [6.45, 7) is 3.39. The van der Waals surface area contributed by atoms with Crippen molar-refractivity contribution in [2.24, 2.45) is 0 Å². The predicted octanol–water partition coefficient (Wildman–Crippen LogP) is 4.54. The van der Waals surface area contributed by atoms with Crippen molar-refractivity contribution in [3.8, 4) is 11.4 Å². The van der Waals surface area contributed by atoms with Crippen LogP contribution in [0.25, 0.3) is 11.3 Å². The Labute approximate surface area is 242 Å². The lowest BCUT2D eigenvalue weighted by molar-refractivity contribution is 0.102. The second kappa shape index (κ2) is 11.9. The van der Waals surface area contributed by atoms with E-state index in [1.807, 2.05) is 0 Å². The number of allylic oxidation sites excluding steroid dienone is 3. The Kier molecular flexibility index (Phi) is 7.96. The highest BCUT2D eigenvalue weighted by Gasteiger charge is 2.21. The van der Waals surface area contributed by atoms with Gasteiger partial charge in [-0.2, -0.15) is 0 Å². The minimum atomic E-state index is -0.927. The Hall–Kier alpha value is -5.85. The van der Waals surface area contributed by atoms with Crippen LogP contribution in [0.5, 0.6) is 5.75 Å². The Morgan fingerprint density at radius 3 is 2.58 bits per heavy atom. The Bertz CT molecular complexity index is 1920. The van der Waals surface area contributed by atoms with Gasteiger partial charge in [-0.3, -0.25) is 14.2 Å². The minimum Gasteiger partial charge on any atom is -0.452 e. The first-order valence-electron chi connectivity index (χ1n) is 12.9. The number of oxazole rings is 1. The number of carbonyl (C=O) groups is 1. The summed E-state index contributed by atoms with van der Waals surface area (Å²) in [6, 6.07) is 7.92. The summed E-state index contributed by atoms with van der Waals surface area (Å²) >= 11 is 0. The molecule has 2 aromatic carbocycles. The molecule has 2 aromatic heterocycles. The Morgan fingerprint density at radius 2 is 1.93 bits per heavy atom. The number of carbonyl (C=O) groups excluding carboxylic acids is 1. The maximum atomic E-state index is 15.2. The quantitative estimate of drug-likeness (QED) is 0.257. The van der Waals surface area contributed by atoms with Crippen molar-refractivity contribution in [3.63, 3.8) is 0 Å². The van der Waals surface area contributed by atoms with E-state index < -0.39 is 34.8 Å². The summed E-state index contributed by atoms with van der Waals surface area (Å²) in [4.78, 5) is 43.6. The maximum absolute atomic E-state index is 15.2. The van der Waals surface area contributed by atoms with Crippen molar-refractivity contribution in [2.45, 2.75) is 19.9 Å². The average Bonchev–Trinajstić information content (AvgIpc) is 3.51. The number of anilines is 1. The molecule has 0 bridgehead atoms. The van der Waals surface area contributed by atoms with Gasteiger partial charge in [0.1, 0.15) is 17.6 Å². The molecule has 11 nitrogen and oxygen atoms in total. The summed E-state index contributed by atoms with van der Waals surface area (Å²) in [7, 11) is 0. The zero-order valence-corrected chi connectivity index (χ0v) is 22.8. The number of ether oxygens (including phenoxy) is 1. The first kappa shape index (κ1) is 28.7. The predicted molar refractivity (Wildman–Crippen MR) is 154 cm³/mol. The summed E-state index contributed by atoms with van der Waals surface area (Å²) in [5.74, 6) is -2.01. The minimum absolute atomic E-state index is 0.0104. The number of hydrogen-bond donors (Lipinski definition) is 3. The number of rotatable bonds is 8. The van der Waals surface area contributed by atoms with Crippen LogP contribution in [0.3, 0.4) is 0 Å². The molecule has 13 heteroatoms. The molecule has 0 atom stereocenters. The molecule has 3 heterocycles. The van der Waals surface area contributed by atoms with E-state index in [4.69, 9.17) is 14.6 Å². The van der Waals surface area contributed by atoms with Gasteiger partial charge in [0.2, 0.25) is 5.89 Å². The molecule has 0 spiro atoms. The van der Waals surface area contributed by atoms with E-state index in [1.54, 1.807) is 26.1 Å². The lowest BCUT2D eigenvalue weighted by Crippen LogP contribution is -2.42. The second-order valence-corrected chi connectivity index (χ2v) is 9.48. The summed E-state index contributed by atoms with van der Waals surface area (Å²) < 4.78 is 41.7. The molecule has 1 aliphatic rings. The number of dihydropyridines is 1. The first-order chi connectivity index (χ1) is 20.7. The number of halogens is 2. The molecular weight excluding hydrogens is 562 g/mol. The van der Waals surface area contributed by atoms with Gasteiger partial charge >= 0.3 is 5.69 Å². The summed E-state index contributed by atoms with van der Waals surface area (Å²) in [6.07, 6.45) is 9.60. The van der Waals surface area contributed by atoms with Crippen molar-refractivity contribution >= 4 is 23.4 Å². The molecule has 218 valence electrons. The van der Waals surface area contributed by atoms with E-state index in [0.717, 1.165) is 35.2 Å². The zero-order chi connectivity index (χ0) is 30.7. The molecule has 0 unspecified atom stereocenters. The van der Waals surface area contributed by atoms with Gasteiger partial charge in [0.25, 0.3) is 11.5 Å². The number of nitrogens with one attached hydrogen (secondary N) is 3. The zero-order valence-electron chi connectivity index (χ0n) is 22.8. The van der Waals surface area contributed by atoms with E-state index in [2.05, 4.69) is 15.6 Å². The van der Waals surface area contributed by atoms with E-state index in [9.17, 15) is 18.8 Å². The lowest BCUT2D eigenvalue weighted by atomic mass is 10.1. The fraction of sp³-hybridized carbons (Fsp3) is 0.100. The van der Waals surface area contributed by atoms with Crippen molar-refractivity contribution < 1.29 is 22.7 Å². The molecule has 43 heavy (non-hydrogen) atoms. The van der Waals surface area contributed by atoms with Gasteiger partial charge in [0.05, 0.1) is 23.2 Å². The van der Waals surface area contributed by atoms with Crippen LogP contribution in [-0.2, 0) is 0 Å². The van der Waals surface area contributed by atoms with Crippen molar-refractivity contribution in [3.05, 3.63) is 135 Å². The molecule has 3 N–H and O–H groups in total. The molecule has 0 radical (unpaired) electrons. The highest BCUT2D eigenvalue weighted by Crippen LogP contribution is 2.28. The fourth-order valence-electron chi connectivity index (χ4n) is 4.17. The largest absolute Gasteiger partial charge is 0.452 e. The van der Waals surface area contributed by atoms with Crippen LogP contribution in [0.2, 0.25) is 0 Å². The molecule has 0 fully saturated rings. The summed E-state index contributed by atoms with van der Waals surface area (Å²) in [5, 5.41) is 12.8. The number of nitrogens with zero attached hydrogens (tertiary/aromatic N) is 3. The van der Waals surface area contributed by atoms with E-state index in [-0.39, 0.29) is 28.4 Å². The van der Waals surface area contributed by atoms with Gasteiger partial charge in [-0.05, 0) is 62.4 Å². The van der Waals surface area contributed by atoms with Crippen LogP contribution in [0, 0.1) is 17.0 Å². The van der Waals surface area contributed by atoms with Crippen LogP contribution in [0.15, 0.2) is 105 Å². The maximum Gasteiger partial charge on any atom is 0.335 e. The molecule has 1 aliphatic heterocycles. The molecule has 4 aromatic rings. The highest BCUT2D eigenvalue weighted by molar-refractivity contribution is 6.03. The van der Waals surface area contributed by atoms with Crippen LogP contribution in [0.1, 0.15) is 36.1 Å². The third-order valence-electron chi connectivity index (χ3n) is 6.27. The molecule has 0 saturated carbocycles. The van der Waals surface area contributed by atoms with Crippen LogP contribution in [-0.4, -0.2) is 26.2 Å². The number of hydrogen-bond acceptors (Lipinski definition) is 8. The second-order valence-electron chi connectivity index (χ2n) is 9.48. The van der Waals surface area contributed by atoms with E-state index >= 15 is 4.39 Å². The van der Waals surface area contributed by atoms with Crippen LogP contribution >= 0.6 is 0 Å². The first-order valence-corrected chi connectivity index (χ1v) is 12.9. The van der Waals surface area contributed by atoms with Crippen molar-refractivity contribution in [2.75, 3.05) is 5.32 Å². The summed E-state index contributed by atoms with van der Waals surface area (Å²) in [5.41, 5.74) is -1.04. The smallest absolute Gasteiger partial charge is 0.335 e. The Morgan fingerprint density at radius 1 is 1.16 bits per heavy atom. The third kappa shape index (κ3) is 5.95. The topological polar surface area (TPSA) is 144 Å². The Balaban J connectivity index is 1.43. The van der Waals surface area contributed by atoms with Gasteiger partial charge in [0.15, 0.2) is 17.3 Å². The van der Waals surface area contributed by atoms with E-state index in [1.165, 1.54) is 47.4 Å². The average molecular weight is 587 g/mol.